The van der Waals surface area contributed by atoms with Crippen molar-refractivity contribution in [1.82, 2.24) is 4.90 Å². The number of carbonyl (C=O) groups is 2. The average Bonchev–Trinajstić information content (AvgIpc) is 3.39. The highest BCUT2D eigenvalue weighted by Gasteiger charge is 2.49. The van der Waals surface area contributed by atoms with Crippen molar-refractivity contribution in [3.05, 3.63) is 94.2 Å². The number of nitrogens with zero attached hydrogens (tertiary/aromatic N) is 3. The Kier molecular flexibility index (Phi) is 7.81. The molecule has 3 aromatic carbocycles. The van der Waals surface area contributed by atoms with Gasteiger partial charge in [-0.15, -0.1) is 0 Å². The molecular formula is C30H30BrFN4O3. The van der Waals surface area contributed by atoms with Crippen LogP contribution in [0.1, 0.15) is 31.9 Å². The molecule has 1 N–H and O–H groups in total. The van der Waals surface area contributed by atoms with E-state index in [2.05, 4.69) is 28.2 Å². The van der Waals surface area contributed by atoms with Gasteiger partial charge in [-0.1, -0.05) is 40.2 Å². The molecule has 2 amide bonds. The number of nitrogens with one attached hydrogen (secondary N) is 1. The van der Waals surface area contributed by atoms with Crippen molar-refractivity contribution in [2.75, 3.05) is 16.9 Å². The first-order valence-corrected chi connectivity index (χ1v) is 13.7. The molecule has 0 spiro atoms. The van der Waals surface area contributed by atoms with E-state index in [0.717, 1.165) is 32.7 Å². The van der Waals surface area contributed by atoms with Crippen LogP contribution >= 0.6 is 15.9 Å². The minimum Gasteiger partial charge on any atom is -0.345 e. The summed E-state index contributed by atoms with van der Waals surface area (Å²) in [6.45, 7) is 5.78. The molecule has 0 bridgehead atoms. The summed E-state index contributed by atoms with van der Waals surface area (Å²) >= 11 is 3.49. The Morgan fingerprint density at radius 2 is 1.69 bits per heavy atom. The first-order valence-electron chi connectivity index (χ1n) is 12.9. The number of ether oxygens (including phenoxy) is 1. The van der Waals surface area contributed by atoms with Crippen LogP contribution in [0, 0.1) is 11.7 Å². The largest absolute Gasteiger partial charge is 0.345 e. The van der Waals surface area contributed by atoms with Gasteiger partial charge in [0, 0.05) is 23.6 Å². The lowest BCUT2D eigenvalue weighted by atomic mass is 9.89. The van der Waals surface area contributed by atoms with Gasteiger partial charge in [-0.05, 0) is 79.9 Å². The highest BCUT2D eigenvalue weighted by atomic mass is 79.9. The summed E-state index contributed by atoms with van der Waals surface area (Å²) in [5.41, 5.74) is 4.22. The maximum atomic E-state index is 13.8. The molecule has 2 heterocycles. The van der Waals surface area contributed by atoms with E-state index in [-0.39, 0.29) is 29.6 Å². The highest BCUT2D eigenvalue weighted by molar-refractivity contribution is 9.10. The lowest BCUT2D eigenvalue weighted by molar-refractivity contribution is -0.130. The second-order valence-corrected chi connectivity index (χ2v) is 10.8. The first-order chi connectivity index (χ1) is 18.7. The molecule has 4 atom stereocenters. The second kappa shape index (κ2) is 11.3. The van der Waals surface area contributed by atoms with Gasteiger partial charge < -0.3 is 15.0 Å². The zero-order valence-electron chi connectivity index (χ0n) is 22.0. The van der Waals surface area contributed by atoms with E-state index < -0.39 is 12.3 Å². The van der Waals surface area contributed by atoms with E-state index in [0.29, 0.717) is 13.0 Å². The van der Waals surface area contributed by atoms with Crippen LogP contribution in [-0.4, -0.2) is 47.3 Å². The first kappa shape index (κ1) is 27.0. The van der Waals surface area contributed by atoms with E-state index in [1.165, 1.54) is 19.1 Å². The quantitative estimate of drug-likeness (QED) is 0.388. The molecule has 9 heteroatoms. The summed E-state index contributed by atoms with van der Waals surface area (Å²) in [5, 5.41) is 9.71. The van der Waals surface area contributed by atoms with Crippen molar-refractivity contribution >= 4 is 44.8 Å². The van der Waals surface area contributed by atoms with Gasteiger partial charge in [0.05, 0.1) is 23.4 Å². The number of hydrogen-bond donors (Lipinski definition) is 1. The number of rotatable bonds is 7. The minimum absolute atomic E-state index is 0.0670. The Balaban J connectivity index is 1.43. The Labute approximate surface area is 235 Å². The standard InChI is InChI=1S/C30H30BrFN4O3/c1-18-27(28(22-6-10-24(32)11-7-22)34-36(18)26-14-8-23(31)9-15-26)30-35(29(38)19(2)39-30)17-16-21-4-12-25(13-5-21)33-20(3)37/h4-15,18-19,27,30H,16-17H2,1-3H3,(H,33,37)/t18?,19-,27?,30+/m0/s1. The molecule has 1 saturated heterocycles. The Morgan fingerprint density at radius 3 is 2.33 bits per heavy atom. The summed E-state index contributed by atoms with van der Waals surface area (Å²) in [5.74, 6) is -0.780. The Morgan fingerprint density at radius 1 is 1.03 bits per heavy atom. The smallest absolute Gasteiger partial charge is 0.253 e. The predicted molar refractivity (Wildman–Crippen MR) is 153 cm³/mol. The highest BCUT2D eigenvalue weighted by Crippen LogP contribution is 2.38. The van der Waals surface area contributed by atoms with Crippen LogP contribution < -0.4 is 10.3 Å². The summed E-state index contributed by atoms with van der Waals surface area (Å²) in [7, 11) is 0. The maximum Gasteiger partial charge on any atom is 0.253 e. The Hall–Kier alpha value is -3.56. The molecule has 0 saturated carbocycles. The van der Waals surface area contributed by atoms with Gasteiger partial charge in [0.25, 0.3) is 5.91 Å². The zero-order chi connectivity index (χ0) is 27.7. The van der Waals surface area contributed by atoms with E-state index in [1.807, 2.05) is 53.5 Å². The van der Waals surface area contributed by atoms with Crippen molar-refractivity contribution in [3.8, 4) is 0 Å². The van der Waals surface area contributed by atoms with Gasteiger partial charge in [-0.25, -0.2) is 4.39 Å². The van der Waals surface area contributed by atoms with Crippen molar-refractivity contribution in [3.63, 3.8) is 0 Å². The van der Waals surface area contributed by atoms with Crippen LogP contribution in [0.2, 0.25) is 0 Å². The summed E-state index contributed by atoms with van der Waals surface area (Å²) < 4.78 is 21.1. The van der Waals surface area contributed by atoms with Crippen molar-refractivity contribution in [2.24, 2.45) is 11.0 Å². The lowest BCUT2D eigenvalue weighted by Gasteiger charge is -2.33. The summed E-state index contributed by atoms with van der Waals surface area (Å²) in [4.78, 5) is 26.4. The molecule has 5 rings (SSSR count). The molecule has 39 heavy (non-hydrogen) atoms. The van der Waals surface area contributed by atoms with Crippen LogP contribution in [0.25, 0.3) is 0 Å². The molecule has 2 unspecified atom stereocenters. The number of carbonyl (C=O) groups excluding carboxylic acids is 2. The molecule has 3 aromatic rings. The molecule has 0 radical (unpaired) electrons. The van der Waals surface area contributed by atoms with Crippen LogP contribution in [0.15, 0.2) is 82.4 Å². The molecule has 7 nitrogen and oxygen atoms in total. The van der Waals surface area contributed by atoms with Gasteiger partial charge in [-0.3, -0.25) is 14.6 Å². The van der Waals surface area contributed by atoms with Crippen LogP contribution in [-0.2, 0) is 20.7 Å². The SMILES string of the molecule is CC(=O)Nc1ccc(CCN2C(=O)[C@H](C)O[C@@H]2C2C(c3ccc(F)cc3)=NN(c3ccc(Br)cc3)C2C)cc1. The minimum atomic E-state index is -0.583. The number of hydrazone groups is 1. The number of halogens is 2. The molecule has 2 aliphatic rings. The third-order valence-electron chi connectivity index (χ3n) is 7.17. The fourth-order valence-corrected chi connectivity index (χ4v) is 5.47. The van der Waals surface area contributed by atoms with Crippen LogP contribution in [0.3, 0.4) is 0 Å². The van der Waals surface area contributed by atoms with Crippen molar-refractivity contribution < 1.29 is 18.7 Å². The molecule has 202 valence electrons. The maximum absolute atomic E-state index is 13.8. The topological polar surface area (TPSA) is 74.2 Å². The van der Waals surface area contributed by atoms with E-state index in [9.17, 15) is 14.0 Å². The van der Waals surface area contributed by atoms with Gasteiger partial charge in [0.2, 0.25) is 5.91 Å². The number of hydrogen-bond acceptors (Lipinski definition) is 5. The fraction of sp³-hybridized carbons (Fsp3) is 0.300. The number of anilines is 2. The molecule has 1 fully saturated rings. The third-order valence-corrected chi connectivity index (χ3v) is 7.70. The third kappa shape index (κ3) is 5.74. The van der Waals surface area contributed by atoms with Gasteiger partial charge in [0.15, 0.2) is 0 Å². The normalized spacial score (nSPS) is 22.8. The van der Waals surface area contributed by atoms with Crippen LogP contribution in [0.4, 0.5) is 15.8 Å². The summed E-state index contributed by atoms with van der Waals surface area (Å²) in [6.07, 6.45) is -0.495. The fourth-order valence-electron chi connectivity index (χ4n) is 5.21. The lowest BCUT2D eigenvalue weighted by Crippen LogP contribution is -2.47. The van der Waals surface area contributed by atoms with E-state index >= 15 is 0 Å². The van der Waals surface area contributed by atoms with E-state index in [1.54, 1.807) is 24.0 Å². The van der Waals surface area contributed by atoms with Crippen LogP contribution in [0.5, 0.6) is 0 Å². The van der Waals surface area contributed by atoms with Crippen molar-refractivity contribution in [1.29, 1.82) is 0 Å². The monoisotopic (exact) mass is 592 g/mol. The number of benzene rings is 3. The van der Waals surface area contributed by atoms with E-state index in [4.69, 9.17) is 9.84 Å². The summed E-state index contributed by atoms with van der Waals surface area (Å²) in [6, 6.07) is 21.7. The predicted octanol–water partition coefficient (Wildman–Crippen LogP) is 5.59. The zero-order valence-corrected chi connectivity index (χ0v) is 23.6. The van der Waals surface area contributed by atoms with Crippen molar-refractivity contribution in [2.45, 2.75) is 45.6 Å². The van der Waals surface area contributed by atoms with Gasteiger partial charge >= 0.3 is 0 Å². The number of amides is 2. The second-order valence-electron chi connectivity index (χ2n) is 9.91. The molecule has 0 aliphatic carbocycles. The average molecular weight is 593 g/mol. The molecule has 0 aromatic heterocycles. The Bertz CT molecular complexity index is 1380. The molecular weight excluding hydrogens is 563 g/mol. The van der Waals surface area contributed by atoms with Gasteiger partial charge in [0.1, 0.15) is 18.1 Å². The van der Waals surface area contributed by atoms with Gasteiger partial charge in [-0.2, -0.15) is 5.10 Å². The molecule has 2 aliphatic heterocycles.